The van der Waals surface area contributed by atoms with Gasteiger partial charge in [0.05, 0.1) is 31.4 Å². The van der Waals surface area contributed by atoms with Crippen molar-refractivity contribution in [1.29, 1.82) is 0 Å². The maximum Gasteiger partial charge on any atom is 0.336 e. The summed E-state index contributed by atoms with van der Waals surface area (Å²) in [6, 6.07) is 12.5. The number of fused-ring (bicyclic) bond motifs is 1. The first-order valence-electron chi connectivity index (χ1n) is 11.9. The standard InChI is InChI=1S/C27H31N3O5/c1-18(2)13-29-14-22(34-17-21-6-4-5-9-28-21)15-30(16-26(29)32)25(31)11-20-12-27(33)35-24-10-19(3)7-8-23(20)24/h4-10,12,18,22H,11,13-17H2,1-3H3/t22-/m1/s1. The van der Waals surface area contributed by atoms with E-state index in [2.05, 4.69) is 18.8 Å². The lowest BCUT2D eigenvalue weighted by molar-refractivity contribution is -0.138. The Morgan fingerprint density at radius 1 is 1.17 bits per heavy atom. The Hall–Kier alpha value is -3.52. The minimum Gasteiger partial charge on any atom is -0.423 e. The van der Waals surface area contributed by atoms with Crippen molar-refractivity contribution < 1.29 is 18.7 Å². The fraction of sp³-hybridized carbons (Fsp3) is 0.407. The zero-order valence-corrected chi connectivity index (χ0v) is 20.4. The number of ether oxygens (including phenoxy) is 1. The van der Waals surface area contributed by atoms with Crippen molar-refractivity contribution in [3.8, 4) is 0 Å². The van der Waals surface area contributed by atoms with E-state index >= 15 is 0 Å². The quantitative estimate of drug-likeness (QED) is 0.486. The van der Waals surface area contributed by atoms with Crippen LogP contribution in [0, 0.1) is 12.8 Å². The number of aromatic nitrogens is 1. The number of amides is 2. The molecule has 0 spiro atoms. The lowest BCUT2D eigenvalue weighted by atomic mass is 10.0. The molecule has 0 saturated carbocycles. The van der Waals surface area contributed by atoms with Gasteiger partial charge in [0.15, 0.2) is 0 Å². The molecule has 3 heterocycles. The maximum atomic E-state index is 13.4. The smallest absolute Gasteiger partial charge is 0.336 e. The van der Waals surface area contributed by atoms with Gasteiger partial charge in [0.2, 0.25) is 11.8 Å². The average molecular weight is 478 g/mol. The molecular weight excluding hydrogens is 446 g/mol. The number of hydrogen-bond donors (Lipinski definition) is 0. The second-order valence-corrected chi connectivity index (χ2v) is 9.49. The van der Waals surface area contributed by atoms with Crippen LogP contribution >= 0.6 is 0 Å². The molecule has 2 aromatic heterocycles. The van der Waals surface area contributed by atoms with Gasteiger partial charge in [-0.05, 0) is 42.2 Å². The normalized spacial score (nSPS) is 16.7. The molecule has 1 fully saturated rings. The van der Waals surface area contributed by atoms with Gasteiger partial charge in [-0.3, -0.25) is 14.6 Å². The van der Waals surface area contributed by atoms with Gasteiger partial charge in [-0.25, -0.2) is 4.79 Å². The minimum absolute atomic E-state index is 0.00438. The third-order valence-corrected chi connectivity index (χ3v) is 5.99. The Kier molecular flexibility index (Phi) is 7.60. The number of carbonyl (C=O) groups excluding carboxylic acids is 2. The van der Waals surface area contributed by atoms with E-state index in [0.717, 1.165) is 11.3 Å². The summed E-state index contributed by atoms with van der Waals surface area (Å²) in [4.78, 5) is 46.2. The van der Waals surface area contributed by atoms with Crippen molar-refractivity contribution in [2.24, 2.45) is 5.92 Å². The van der Waals surface area contributed by atoms with Crippen LogP contribution in [0.5, 0.6) is 0 Å². The third-order valence-electron chi connectivity index (χ3n) is 5.99. The first-order valence-corrected chi connectivity index (χ1v) is 11.9. The molecule has 0 unspecified atom stereocenters. The van der Waals surface area contributed by atoms with Gasteiger partial charge < -0.3 is 19.0 Å². The predicted octanol–water partition coefficient (Wildman–Crippen LogP) is 2.95. The summed E-state index contributed by atoms with van der Waals surface area (Å²) in [5.41, 5.74) is 2.28. The number of nitrogens with zero attached hydrogens (tertiary/aromatic N) is 3. The highest BCUT2D eigenvalue weighted by atomic mass is 16.5. The SMILES string of the molecule is Cc1ccc2c(CC(=O)N3CC(=O)N(CC(C)C)C[C@@H](OCc4ccccn4)C3)cc(=O)oc2c1. The molecule has 0 N–H and O–H groups in total. The average Bonchev–Trinajstić information content (AvgIpc) is 2.96. The van der Waals surface area contributed by atoms with Gasteiger partial charge in [-0.15, -0.1) is 0 Å². The molecule has 2 amide bonds. The Labute approximate surface area is 204 Å². The molecule has 35 heavy (non-hydrogen) atoms. The van der Waals surface area contributed by atoms with Gasteiger partial charge in [0, 0.05) is 37.3 Å². The largest absolute Gasteiger partial charge is 0.423 e. The van der Waals surface area contributed by atoms with Crippen LogP contribution in [-0.4, -0.2) is 58.9 Å². The van der Waals surface area contributed by atoms with Gasteiger partial charge in [0.25, 0.3) is 0 Å². The Morgan fingerprint density at radius 2 is 2.00 bits per heavy atom. The molecule has 1 aliphatic heterocycles. The molecule has 1 aromatic carbocycles. The second kappa shape index (κ2) is 10.8. The lowest BCUT2D eigenvalue weighted by Crippen LogP contribution is -2.41. The van der Waals surface area contributed by atoms with Gasteiger partial charge >= 0.3 is 5.63 Å². The topological polar surface area (TPSA) is 93.0 Å². The summed E-state index contributed by atoms with van der Waals surface area (Å²) in [6.07, 6.45) is 1.35. The number of pyridine rings is 1. The van der Waals surface area contributed by atoms with E-state index in [-0.39, 0.29) is 43.3 Å². The lowest BCUT2D eigenvalue weighted by Gasteiger charge is -2.26. The highest BCUT2D eigenvalue weighted by Gasteiger charge is 2.31. The van der Waals surface area contributed by atoms with Gasteiger partial charge in [0.1, 0.15) is 5.58 Å². The van der Waals surface area contributed by atoms with E-state index in [1.54, 1.807) is 22.1 Å². The van der Waals surface area contributed by atoms with Crippen molar-refractivity contribution in [1.82, 2.24) is 14.8 Å². The summed E-state index contributed by atoms with van der Waals surface area (Å²) in [6.45, 7) is 7.57. The monoisotopic (exact) mass is 477 g/mol. The molecular formula is C27H31N3O5. The van der Waals surface area contributed by atoms with Crippen LogP contribution in [-0.2, 0) is 27.4 Å². The van der Waals surface area contributed by atoms with E-state index in [1.165, 1.54) is 6.07 Å². The van der Waals surface area contributed by atoms with E-state index in [9.17, 15) is 14.4 Å². The molecule has 184 valence electrons. The summed E-state index contributed by atoms with van der Waals surface area (Å²) in [5, 5.41) is 0.717. The number of carbonyl (C=O) groups is 2. The van der Waals surface area contributed by atoms with Crippen molar-refractivity contribution in [3.63, 3.8) is 0 Å². The van der Waals surface area contributed by atoms with Crippen LogP contribution in [0.1, 0.15) is 30.7 Å². The fourth-order valence-electron chi connectivity index (χ4n) is 4.34. The first-order chi connectivity index (χ1) is 16.8. The van der Waals surface area contributed by atoms with Crippen LogP contribution in [0.3, 0.4) is 0 Å². The van der Waals surface area contributed by atoms with E-state index in [4.69, 9.17) is 9.15 Å². The van der Waals surface area contributed by atoms with E-state index in [0.29, 0.717) is 36.2 Å². The van der Waals surface area contributed by atoms with Crippen molar-refractivity contribution in [2.75, 3.05) is 26.2 Å². The molecule has 3 aromatic rings. The summed E-state index contributed by atoms with van der Waals surface area (Å²) < 4.78 is 11.4. The highest BCUT2D eigenvalue weighted by Crippen LogP contribution is 2.20. The molecule has 0 radical (unpaired) electrons. The zero-order valence-electron chi connectivity index (χ0n) is 20.4. The molecule has 8 nitrogen and oxygen atoms in total. The number of rotatable bonds is 7. The molecule has 0 aliphatic carbocycles. The molecule has 1 aliphatic rings. The molecule has 1 atom stereocenters. The third kappa shape index (κ3) is 6.33. The molecule has 8 heteroatoms. The van der Waals surface area contributed by atoms with Crippen molar-refractivity contribution in [2.45, 2.75) is 39.9 Å². The van der Waals surface area contributed by atoms with E-state index in [1.807, 2.05) is 37.3 Å². The van der Waals surface area contributed by atoms with E-state index < -0.39 is 5.63 Å². The summed E-state index contributed by atoms with van der Waals surface area (Å²) in [5.74, 6) is -0.0521. The summed E-state index contributed by atoms with van der Waals surface area (Å²) in [7, 11) is 0. The highest BCUT2D eigenvalue weighted by molar-refractivity contribution is 5.90. The van der Waals surface area contributed by atoms with Crippen molar-refractivity contribution >= 4 is 22.8 Å². The van der Waals surface area contributed by atoms with Crippen LogP contribution in [0.15, 0.2) is 57.9 Å². The molecule has 1 saturated heterocycles. The number of benzene rings is 1. The Bertz CT molecular complexity index is 1250. The van der Waals surface area contributed by atoms with Gasteiger partial charge in [-0.2, -0.15) is 0 Å². The predicted molar refractivity (Wildman–Crippen MR) is 132 cm³/mol. The minimum atomic E-state index is -0.502. The van der Waals surface area contributed by atoms with Crippen LogP contribution in [0.4, 0.5) is 0 Å². The van der Waals surface area contributed by atoms with Crippen LogP contribution < -0.4 is 5.63 Å². The van der Waals surface area contributed by atoms with Gasteiger partial charge in [-0.1, -0.05) is 32.0 Å². The van der Waals surface area contributed by atoms with Crippen molar-refractivity contribution in [3.05, 3.63) is 75.9 Å². The molecule has 0 bridgehead atoms. The molecule has 4 rings (SSSR count). The Morgan fingerprint density at radius 3 is 2.74 bits per heavy atom. The van der Waals surface area contributed by atoms with Crippen LogP contribution in [0.2, 0.25) is 0 Å². The number of hydrogen-bond acceptors (Lipinski definition) is 6. The first kappa shape index (κ1) is 24.6. The Balaban J connectivity index is 1.55. The summed E-state index contributed by atoms with van der Waals surface area (Å²) >= 11 is 0. The fourth-order valence-corrected chi connectivity index (χ4v) is 4.34. The number of aryl methyl sites for hydroxylation is 1. The van der Waals surface area contributed by atoms with Crippen LogP contribution in [0.25, 0.3) is 11.0 Å². The maximum absolute atomic E-state index is 13.4. The zero-order chi connectivity index (χ0) is 24.9. The second-order valence-electron chi connectivity index (χ2n) is 9.49.